The highest BCUT2D eigenvalue weighted by Gasteiger charge is 2.24. The third-order valence-electron chi connectivity index (χ3n) is 3.86. The molecule has 10 heteroatoms. The Morgan fingerprint density at radius 3 is 2.50 bits per heavy atom. The van der Waals surface area contributed by atoms with Crippen LogP contribution in [0.2, 0.25) is 0 Å². The van der Waals surface area contributed by atoms with Crippen molar-refractivity contribution in [3.8, 4) is 11.6 Å². The molecule has 0 aliphatic rings. The molecule has 0 saturated carbocycles. The van der Waals surface area contributed by atoms with Crippen LogP contribution in [0.4, 0.5) is 5.69 Å². The van der Waals surface area contributed by atoms with Crippen LogP contribution in [0.15, 0.2) is 64.5 Å². The highest BCUT2D eigenvalue weighted by Crippen LogP contribution is 2.23. The maximum absolute atomic E-state index is 13.0. The van der Waals surface area contributed by atoms with Crippen LogP contribution in [-0.4, -0.2) is 35.7 Å². The van der Waals surface area contributed by atoms with Gasteiger partial charge in [-0.05, 0) is 31.2 Å². The van der Waals surface area contributed by atoms with Gasteiger partial charge in [-0.3, -0.25) is 19.0 Å². The van der Waals surface area contributed by atoms with E-state index in [0.29, 0.717) is 5.69 Å². The summed E-state index contributed by atoms with van der Waals surface area (Å²) in [5.74, 6) is -0.643. The van der Waals surface area contributed by atoms with Gasteiger partial charge in [0.25, 0.3) is 10.0 Å². The molecule has 0 saturated heterocycles. The van der Waals surface area contributed by atoms with Gasteiger partial charge in [0.2, 0.25) is 5.75 Å². The van der Waals surface area contributed by atoms with E-state index in [9.17, 15) is 18.0 Å². The summed E-state index contributed by atoms with van der Waals surface area (Å²) < 4.78 is 33.0. The molecule has 0 amide bonds. The highest BCUT2D eigenvalue weighted by molar-refractivity contribution is 7.92. The number of aromatic nitrogens is 3. The Labute approximate surface area is 161 Å². The Bertz CT molecular complexity index is 1130. The van der Waals surface area contributed by atoms with Gasteiger partial charge in [-0.1, -0.05) is 18.2 Å². The lowest BCUT2D eigenvalue weighted by molar-refractivity contribution is -0.131. The van der Waals surface area contributed by atoms with E-state index >= 15 is 0 Å². The molecule has 2 heterocycles. The summed E-state index contributed by atoms with van der Waals surface area (Å²) in [5, 5.41) is 2.62. The van der Waals surface area contributed by atoms with Crippen molar-refractivity contribution < 1.29 is 17.9 Å². The molecule has 2 aromatic heterocycles. The summed E-state index contributed by atoms with van der Waals surface area (Å²) in [6.07, 6.45) is 2.40. The van der Waals surface area contributed by atoms with Gasteiger partial charge < -0.3 is 4.74 Å². The number of carbonyl (C=O) groups excluding carboxylic acids is 1. The molecule has 3 rings (SSSR count). The summed E-state index contributed by atoms with van der Waals surface area (Å²) >= 11 is 0. The number of nitrogens with one attached hydrogen (secondary N) is 1. The molecular weight excluding hydrogens is 384 g/mol. The average molecular weight is 402 g/mol. The van der Waals surface area contributed by atoms with Crippen molar-refractivity contribution in [3.05, 3.63) is 65.2 Å². The smallest absolute Gasteiger partial charge is 0.315 e. The Hall–Kier alpha value is -3.40. The number of H-pyrrole nitrogens is 1. The van der Waals surface area contributed by atoms with Crippen LogP contribution in [0.5, 0.6) is 5.75 Å². The number of rotatable bonds is 6. The molecule has 0 atom stereocenters. The second kappa shape index (κ2) is 7.69. The van der Waals surface area contributed by atoms with Crippen LogP contribution < -0.4 is 14.6 Å². The van der Waals surface area contributed by atoms with Gasteiger partial charge >= 0.3 is 11.5 Å². The second-order valence-electron chi connectivity index (χ2n) is 5.73. The first kappa shape index (κ1) is 19.4. The molecule has 0 bridgehead atoms. The molecule has 146 valence electrons. The summed E-state index contributed by atoms with van der Waals surface area (Å²) in [7, 11) is -3.82. The van der Waals surface area contributed by atoms with Gasteiger partial charge in [-0.2, -0.15) is 4.68 Å². The van der Waals surface area contributed by atoms with Crippen LogP contribution in [-0.2, 0) is 14.8 Å². The minimum absolute atomic E-state index is 0.0123. The van der Waals surface area contributed by atoms with Gasteiger partial charge in [0.15, 0.2) is 5.82 Å². The first-order valence-electron chi connectivity index (χ1n) is 8.37. The number of benzene rings is 1. The van der Waals surface area contributed by atoms with Crippen LogP contribution in [0.3, 0.4) is 0 Å². The zero-order valence-electron chi connectivity index (χ0n) is 15.2. The number of sulfonamides is 1. The fourth-order valence-electron chi connectivity index (χ4n) is 2.62. The molecular formula is C18H18N4O5S. The topological polar surface area (TPSA) is 114 Å². The number of anilines is 1. The summed E-state index contributed by atoms with van der Waals surface area (Å²) in [6, 6.07) is 11.5. The second-order valence-corrected chi connectivity index (χ2v) is 7.59. The first-order chi connectivity index (χ1) is 13.3. The molecule has 0 aliphatic carbocycles. The van der Waals surface area contributed by atoms with Crippen LogP contribution >= 0.6 is 0 Å². The van der Waals surface area contributed by atoms with Crippen molar-refractivity contribution in [1.82, 2.24) is 14.8 Å². The van der Waals surface area contributed by atoms with Crippen LogP contribution in [0.1, 0.15) is 13.8 Å². The summed E-state index contributed by atoms with van der Waals surface area (Å²) in [5.41, 5.74) is -0.0709. The van der Waals surface area contributed by atoms with Gasteiger partial charge in [0.05, 0.1) is 11.9 Å². The Morgan fingerprint density at radius 2 is 1.93 bits per heavy atom. The molecule has 0 spiro atoms. The number of esters is 1. The lowest BCUT2D eigenvalue weighted by atomic mass is 10.3. The fourth-order valence-corrected chi connectivity index (χ4v) is 4.04. The Morgan fingerprint density at radius 1 is 1.21 bits per heavy atom. The lowest BCUT2D eigenvalue weighted by Gasteiger charge is -2.22. The molecule has 0 aliphatic heterocycles. The van der Waals surface area contributed by atoms with Crippen molar-refractivity contribution in [1.29, 1.82) is 0 Å². The zero-order valence-corrected chi connectivity index (χ0v) is 16.0. The van der Waals surface area contributed by atoms with Gasteiger partial charge in [0, 0.05) is 19.7 Å². The van der Waals surface area contributed by atoms with E-state index in [2.05, 4.69) is 10.1 Å². The molecule has 3 aromatic rings. The zero-order chi connectivity index (χ0) is 20.3. The number of hydrogen-bond donors (Lipinski definition) is 1. The number of para-hydroxylation sites is 1. The number of nitrogens with zero attached hydrogens (tertiary/aromatic N) is 3. The van der Waals surface area contributed by atoms with Crippen molar-refractivity contribution >= 4 is 21.7 Å². The molecule has 1 aromatic carbocycles. The number of pyridine rings is 1. The SMILES string of the molecule is CCN(c1ccccc1)S(=O)(=O)c1ccc(-n2[nH]cc(OC(C)=O)c2=O)nc1. The monoisotopic (exact) mass is 402 g/mol. The Kier molecular flexibility index (Phi) is 5.32. The van der Waals surface area contributed by atoms with Crippen LogP contribution in [0.25, 0.3) is 5.82 Å². The minimum Gasteiger partial charge on any atom is -0.419 e. The van der Waals surface area contributed by atoms with Crippen LogP contribution in [0, 0.1) is 0 Å². The van der Waals surface area contributed by atoms with E-state index in [1.165, 1.54) is 35.8 Å². The van der Waals surface area contributed by atoms with Crippen molar-refractivity contribution in [3.63, 3.8) is 0 Å². The van der Waals surface area contributed by atoms with E-state index in [1.807, 2.05) is 0 Å². The summed E-state index contributed by atoms with van der Waals surface area (Å²) in [4.78, 5) is 27.3. The fraction of sp³-hybridized carbons (Fsp3) is 0.167. The molecule has 0 unspecified atom stereocenters. The number of hydrogen-bond acceptors (Lipinski definition) is 6. The van der Waals surface area contributed by atoms with E-state index in [4.69, 9.17) is 4.74 Å². The quantitative estimate of drug-likeness (QED) is 0.628. The van der Waals surface area contributed by atoms with E-state index in [0.717, 1.165) is 4.68 Å². The van der Waals surface area contributed by atoms with E-state index in [1.54, 1.807) is 37.3 Å². The number of carbonyl (C=O) groups is 1. The maximum atomic E-state index is 13.0. The molecule has 28 heavy (non-hydrogen) atoms. The average Bonchev–Trinajstić information content (AvgIpc) is 3.03. The number of ether oxygens (including phenoxy) is 1. The lowest BCUT2D eigenvalue weighted by Crippen LogP contribution is -2.30. The molecule has 1 N–H and O–H groups in total. The first-order valence-corrected chi connectivity index (χ1v) is 9.81. The van der Waals surface area contributed by atoms with Crippen molar-refractivity contribution in [2.45, 2.75) is 18.7 Å². The maximum Gasteiger partial charge on any atom is 0.315 e. The van der Waals surface area contributed by atoms with Crippen molar-refractivity contribution in [2.24, 2.45) is 0 Å². The third kappa shape index (κ3) is 3.67. The predicted octanol–water partition coefficient (Wildman–Crippen LogP) is 1.70. The van der Waals surface area contributed by atoms with Gasteiger partial charge in [-0.15, -0.1) is 0 Å². The standard InChI is InChI=1S/C18H18N4O5S/c1-3-21(14-7-5-4-6-8-14)28(25,26)15-9-10-17(19-11-15)22-18(24)16(12-20-22)27-13(2)23/h4-12,20H,3H2,1-2H3. The molecule has 0 fully saturated rings. The van der Waals surface area contributed by atoms with Crippen molar-refractivity contribution in [2.75, 3.05) is 10.8 Å². The van der Waals surface area contributed by atoms with E-state index < -0.39 is 21.6 Å². The third-order valence-corrected chi connectivity index (χ3v) is 5.75. The minimum atomic E-state index is -3.82. The number of aromatic amines is 1. The van der Waals surface area contributed by atoms with Gasteiger partial charge in [-0.25, -0.2) is 13.4 Å². The molecule has 9 nitrogen and oxygen atoms in total. The predicted molar refractivity (Wildman–Crippen MR) is 102 cm³/mol. The normalized spacial score (nSPS) is 11.2. The molecule has 0 radical (unpaired) electrons. The highest BCUT2D eigenvalue weighted by atomic mass is 32.2. The van der Waals surface area contributed by atoms with Gasteiger partial charge in [0.1, 0.15) is 4.90 Å². The Balaban J connectivity index is 1.93. The summed E-state index contributed by atoms with van der Waals surface area (Å²) in [6.45, 7) is 3.16. The van der Waals surface area contributed by atoms with E-state index in [-0.39, 0.29) is 23.0 Å². The largest absolute Gasteiger partial charge is 0.419 e.